The van der Waals surface area contributed by atoms with Crippen LogP contribution in [0.1, 0.15) is 0 Å². The summed E-state index contributed by atoms with van der Waals surface area (Å²) in [6.07, 6.45) is 1.16. The minimum atomic E-state index is -1.42. The molecule has 0 aromatic carbocycles. The first-order valence-corrected chi connectivity index (χ1v) is 2.06. The van der Waals surface area contributed by atoms with Gasteiger partial charge in [-0.2, -0.15) is 0 Å². The summed E-state index contributed by atoms with van der Waals surface area (Å²) >= 11 is 0. The Morgan fingerprint density at radius 1 is 1.78 bits per heavy atom. The zero-order valence-electron chi connectivity index (χ0n) is 4.26. The van der Waals surface area contributed by atoms with Crippen molar-refractivity contribution in [3.05, 3.63) is 12.4 Å². The SMILES string of the molecule is O=C(O)On1ccnn1. The molecule has 48 valence electrons. The van der Waals surface area contributed by atoms with Crippen LogP contribution >= 0.6 is 0 Å². The summed E-state index contributed by atoms with van der Waals surface area (Å²) in [6.45, 7) is 0. The Morgan fingerprint density at radius 3 is 3.00 bits per heavy atom. The van der Waals surface area contributed by atoms with E-state index in [0.717, 1.165) is 4.85 Å². The highest BCUT2D eigenvalue weighted by atomic mass is 16.8. The first-order chi connectivity index (χ1) is 4.29. The molecule has 1 aromatic heterocycles. The van der Waals surface area contributed by atoms with Crippen molar-refractivity contribution in [2.75, 3.05) is 0 Å². The van der Waals surface area contributed by atoms with Crippen molar-refractivity contribution in [1.82, 2.24) is 15.2 Å². The fraction of sp³-hybridized carbons (Fsp3) is 0. The molecule has 1 heterocycles. The number of carbonyl (C=O) groups is 1. The molecule has 0 saturated carbocycles. The summed E-state index contributed by atoms with van der Waals surface area (Å²) in [4.78, 5) is 14.5. The topological polar surface area (TPSA) is 77.2 Å². The average molecular weight is 129 g/mol. The Bertz CT molecular complexity index is 194. The molecule has 1 rings (SSSR count). The van der Waals surface area contributed by atoms with Gasteiger partial charge < -0.3 is 5.11 Å². The molecule has 0 amide bonds. The van der Waals surface area contributed by atoms with Crippen molar-refractivity contribution in [2.24, 2.45) is 0 Å². The van der Waals surface area contributed by atoms with Crippen LogP contribution in [0.2, 0.25) is 0 Å². The smallest absolute Gasteiger partial charge is 0.448 e. The lowest BCUT2D eigenvalue weighted by atomic mass is 11.0. The molecule has 0 fully saturated rings. The van der Waals surface area contributed by atoms with E-state index in [4.69, 9.17) is 5.11 Å². The molecule has 6 heteroatoms. The maximum atomic E-state index is 9.76. The minimum absolute atomic E-state index is 0.738. The van der Waals surface area contributed by atoms with E-state index in [9.17, 15) is 4.79 Å². The van der Waals surface area contributed by atoms with Gasteiger partial charge in [-0.1, -0.05) is 4.85 Å². The van der Waals surface area contributed by atoms with Gasteiger partial charge in [0.1, 0.15) is 0 Å². The largest absolute Gasteiger partial charge is 0.532 e. The van der Waals surface area contributed by atoms with Crippen LogP contribution in [0.25, 0.3) is 0 Å². The van der Waals surface area contributed by atoms with Crippen LogP contribution in [0.4, 0.5) is 4.79 Å². The summed E-state index contributed by atoms with van der Waals surface area (Å²) in [7, 11) is 0. The molecule has 0 aliphatic rings. The van der Waals surface area contributed by atoms with E-state index < -0.39 is 6.16 Å². The lowest BCUT2D eigenvalue weighted by Gasteiger charge is -1.91. The number of carboxylic acid groups (broad SMARTS) is 1. The van der Waals surface area contributed by atoms with E-state index in [1.54, 1.807) is 0 Å². The van der Waals surface area contributed by atoms with Gasteiger partial charge in [-0.15, -0.1) is 5.10 Å². The molecular formula is C3H3N3O3. The first-order valence-electron chi connectivity index (χ1n) is 2.06. The second-order valence-corrected chi connectivity index (χ2v) is 1.16. The molecule has 0 spiro atoms. The number of hydrogen-bond acceptors (Lipinski definition) is 4. The molecule has 0 atom stereocenters. The maximum absolute atomic E-state index is 9.76. The summed E-state index contributed by atoms with van der Waals surface area (Å²) in [6, 6.07) is 0. The molecule has 0 aliphatic carbocycles. The lowest BCUT2D eigenvalue weighted by Crippen LogP contribution is -2.17. The van der Waals surface area contributed by atoms with E-state index in [1.165, 1.54) is 12.4 Å². The fourth-order valence-electron chi connectivity index (χ4n) is 0.326. The molecule has 0 unspecified atom stereocenters. The van der Waals surface area contributed by atoms with Crippen molar-refractivity contribution >= 4 is 6.16 Å². The zero-order valence-corrected chi connectivity index (χ0v) is 4.26. The number of rotatable bonds is 1. The third-order valence-electron chi connectivity index (χ3n) is 0.572. The predicted molar refractivity (Wildman–Crippen MR) is 24.6 cm³/mol. The third-order valence-corrected chi connectivity index (χ3v) is 0.572. The zero-order chi connectivity index (χ0) is 6.69. The van der Waals surface area contributed by atoms with E-state index in [0.29, 0.717) is 0 Å². The molecule has 0 bridgehead atoms. The van der Waals surface area contributed by atoms with Gasteiger partial charge in [0.25, 0.3) is 0 Å². The Morgan fingerprint density at radius 2 is 2.56 bits per heavy atom. The number of hydrogen-bond donors (Lipinski definition) is 1. The van der Waals surface area contributed by atoms with Gasteiger partial charge in [0.15, 0.2) is 0 Å². The second-order valence-electron chi connectivity index (χ2n) is 1.16. The van der Waals surface area contributed by atoms with Crippen molar-refractivity contribution in [1.29, 1.82) is 0 Å². The van der Waals surface area contributed by atoms with E-state index >= 15 is 0 Å². The van der Waals surface area contributed by atoms with Crippen LogP contribution in [0, 0.1) is 0 Å². The predicted octanol–water partition coefficient (Wildman–Crippen LogP) is -0.615. The molecule has 0 aliphatic heterocycles. The molecule has 1 N–H and O–H groups in total. The van der Waals surface area contributed by atoms with Gasteiger partial charge in [-0.25, -0.2) is 4.79 Å². The molecule has 9 heavy (non-hydrogen) atoms. The summed E-state index contributed by atoms with van der Waals surface area (Å²) < 4.78 is 0. The van der Waals surface area contributed by atoms with E-state index in [-0.39, 0.29) is 0 Å². The van der Waals surface area contributed by atoms with Gasteiger partial charge in [0.2, 0.25) is 0 Å². The quantitative estimate of drug-likeness (QED) is 0.511. The molecule has 0 radical (unpaired) electrons. The first kappa shape index (κ1) is 5.54. The van der Waals surface area contributed by atoms with Crippen LogP contribution in [0.3, 0.4) is 0 Å². The normalized spacial score (nSPS) is 8.89. The van der Waals surface area contributed by atoms with Gasteiger partial charge >= 0.3 is 6.16 Å². The molecule has 6 nitrogen and oxygen atoms in total. The van der Waals surface area contributed by atoms with Gasteiger partial charge in [-0.05, 0) is 5.21 Å². The number of aromatic nitrogens is 3. The van der Waals surface area contributed by atoms with Gasteiger partial charge in [0.05, 0.1) is 12.4 Å². The number of nitrogens with zero attached hydrogens (tertiary/aromatic N) is 3. The second kappa shape index (κ2) is 2.12. The lowest BCUT2D eigenvalue weighted by molar-refractivity contribution is 0.0660. The van der Waals surface area contributed by atoms with Crippen LogP contribution in [-0.4, -0.2) is 26.4 Å². The van der Waals surface area contributed by atoms with E-state index in [1.807, 2.05) is 0 Å². The highest BCUT2D eigenvalue weighted by Gasteiger charge is 1.96. The summed E-state index contributed by atoms with van der Waals surface area (Å²) in [5.74, 6) is 0. The van der Waals surface area contributed by atoms with E-state index in [2.05, 4.69) is 15.1 Å². The summed E-state index contributed by atoms with van der Waals surface area (Å²) in [5.41, 5.74) is 0. The highest BCUT2D eigenvalue weighted by molar-refractivity contribution is 5.56. The Kier molecular flexibility index (Phi) is 1.31. The Balaban J connectivity index is 2.58. The molecule has 1 aromatic rings. The maximum Gasteiger partial charge on any atom is 0.532 e. The average Bonchev–Trinajstić information content (AvgIpc) is 2.15. The molecular weight excluding hydrogens is 126 g/mol. The highest BCUT2D eigenvalue weighted by Crippen LogP contribution is 1.73. The molecule has 0 saturated heterocycles. The summed E-state index contributed by atoms with van der Waals surface area (Å²) in [5, 5.41) is 14.5. The Hall–Kier alpha value is -1.59. The van der Waals surface area contributed by atoms with Gasteiger partial charge in [-0.3, -0.25) is 4.84 Å². The van der Waals surface area contributed by atoms with Crippen molar-refractivity contribution in [3.8, 4) is 0 Å². The fourth-order valence-corrected chi connectivity index (χ4v) is 0.326. The van der Waals surface area contributed by atoms with Crippen molar-refractivity contribution < 1.29 is 14.7 Å². The standard InChI is InChI=1S/C3H3N3O3/c7-3(8)9-6-2-1-4-5-6/h1-2H,(H,7,8). The van der Waals surface area contributed by atoms with Crippen molar-refractivity contribution in [2.45, 2.75) is 0 Å². The monoisotopic (exact) mass is 129 g/mol. The Labute approximate surface area is 49.6 Å². The van der Waals surface area contributed by atoms with Crippen LogP contribution in [-0.2, 0) is 0 Å². The third kappa shape index (κ3) is 1.41. The van der Waals surface area contributed by atoms with Crippen LogP contribution < -0.4 is 4.84 Å². The van der Waals surface area contributed by atoms with Gasteiger partial charge in [0, 0.05) is 0 Å². The van der Waals surface area contributed by atoms with Crippen LogP contribution in [0.15, 0.2) is 12.4 Å². The van der Waals surface area contributed by atoms with Crippen molar-refractivity contribution in [3.63, 3.8) is 0 Å². The minimum Gasteiger partial charge on any atom is -0.448 e. The van der Waals surface area contributed by atoms with Crippen LogP contribution in [0.5, 0.6) is 0 Å².